The third-order valence-electron chi connectivity index (χ3n) is 3.20. The standard InChI is InChI=1S/C17H18FN3O2S/c1-11-7-3-5-9-14(11)19-17(24)21-20-16(22)12(2)23-15-10-6-4-8-13(15)18/h3-10,12H,1-2H3,(H,20,22)(H2,19,21,24)/t12-/m1/s1. The maximum absolute atomic E-state index is 13.5. The van der Waals surface area contributed by atoms with Crippen molar-refractivity contribution in [3.8, 4) is 5.75 Å². The van der Waals surface area contributed by atoms with Gasteiger partial charge in [-0.1, -0.05) is 30.3 Å². The second-order valence-electron chi connectivity index (χ2n) is 5.07. The van der Waals surface area contributed by atoms with E-state index < -0.39 is 17.8 Å². The van der Waals surface area contributed by atoms with Crippen molar-refractivity contribution in [1.82, 2.24) is 10.9 Å². The van der Waals surface area contributed by atoms with Gasteiger partial charge in [-0.15, -0.1) is 0 Å². The minimum Gasteiger partial charge on any atom is -0.478 e. The predicted octanol–water partition coefficient (Wildman–Crippen LogP) is 2.92. The van der Waals surface area contributed by atoms with Crippen LogP contribution in [0.3, 0.4) is 0 Å². The zero-order valence-electron chi connectivity index (χ0n) is 13.3. The lowest BCUT2D eigenvalue weighted by atomic mass is 10.2. The molecule has 7 heteroatoms. The fraction of sp³-hybridized carbons (Fsp3) is 0.176. The van der Waals surface area contributed by atoms with E-state index in [1.54, 1.807) is 12.1 Å². The summed E-state index contributed by atoms with van der Waals surface area (Å²) < 4.78 is 18.8. The molecule has 0 spiro atoms. The zero-order chi connectivity index (χ0) is 17.5. The molecule has 2 aromatic rings. The van der Waals surface area contributed by atoms with E-state index in [1.807, 2.05) is 31.2 Å². The maximum Gasteiger partial charge on any atom is 0.279 e. The van der Waals surface area contributed by atoms with Crippen LogP contribution in [-0.4, -0.2) is 17.1 Å². The third-order valence-corrected chi connectivity index (χ3v) is 3.41. The number of nitrogens with one attached hydrogen (secondary N) is 3. The molecular weight excluding hydrogens is 329 g/mol. The molecule has 2 rings (SSSR count). The molecule has 0 heterocycles. The Morgan fingerprint density at radius 1 is 1.12 bits per heavy atom. The monoisotopic (exact) mass is 347 g/mol. The Hall–Kier alpha value is -2.67. The van der Waals surface area contributed by atoms with Crippen molar-refractivity contribution in [2.75, 3.05) is 5.32 Å². The normalized spacial score (nSPS) is 11.3. The highest BCUT2D eigenvalue weighted by molar-refractivity contribution is 7.80. The number of ether oxygens (including phenoxy) is 1. The summed E-state index contributed by atoms with van der Waals surface area (Å²) in [6, 6.07) is 13.5. The Labute approximate surface area is 145 Å². The van der Waals surface area contributed by atoms with Crippen molar-refractivity contribution in [3.05, 3.63) is 59.9 Å². The molecule has 5 nitrogen and oxygen atoms in total. The summed E-state index contributed by atoms with van der Waals surface area (Å²) in [7, 11) is 0. The number of rotatable bonds is 4. The first-order valence-electron chi connectivity index (χ1n) is 7.31. The predicted molar refractivity (Wildman–Crippen MR) is 95.2 cm³/mol. The summed E-state index contributed by atoms with van der Waals surface area (Å²) in [6.07, 6.45) is -0.893. The van der Waals surface area contributed by atoms with Crippen LogP contribution in [0.15, 0.2) is 48.5 Å². The molecule has 0 saturated heterocycles. The molecule has 2 aromatic carbocycles. The molecule has 3 N–H and O–H groups in total. The van der Waals surface area contributed by atoms with Crippen LogP contribution in [0.4, 0.5) is 10.1 Å². The minimum atomic E-state index is -0.893. The first kappa shape index (κ1) is 17.7. The average Bonchev–Trinajstić information content (AvgIpc) is 2.56. The molecule has 1 atom stereocenters. The molecule has 126 valence electrons. The summed E-state index contributed by atoms with van der Waals surface area (Å²) in [5, 5.41) is 3.20. The summed E-state index contributed by atoms with van der Waals surface area (Å²) in [4.78, 5) is 12.0. The van der Waals surface area contributed by atoms with E-state index in [1.165, 1.54) is 19.1 Å². The van der Waals surface area contributed by atoms with Crippen molar-refractivity contribution >= 4 is 28.9 Å². The number of hydrogen-bond acceptors (Lipinski definition) is 3. The highest BCUT2D eigenvalue weighted by atomic mass is 32.1. The molecule has 24 heavy (non-hydrogen) atoms. The van der Waals surface area contributed by atoms with Crippen LogP contribution in [-0.2, 0) is 4.79 Å². The molecule has 0 fully saturated rings. The molecule has 0 radical (unpaired) electrons. The van der Waals surface area contributed by atoms with Crippen LogP contribution < -0.4 is 20.9 Å². The van der Waals surface area contributed by atoms with Crippen molar-refractivity contribution < 1.29 is 13.9 Å². The molecule has 0 aliphatic carbocycles. The zero-order valence-corrected chi connectivity index (χ0v) is 14.1. The van der Waals surface area contributed by atoms with Gasteiger partial charge < -0.3 is 10.1 Å². The van der Waals surface area contributed by atoms with E-state index in [-0.39, 0.29) is 10.9 Å². The molecule has 0 aliphatic heterocycles. The number of carbonyl (C=O) groups excluding carboxylic acids is 1. The third kappa shape index (κ3) is 4.92. The van der Waals surface area contributed by atoms with Crippen LogP contribution in [0.1, 0.15) is 12.5 Å². The van der Waals surface area contributed by atoms with E-state index in [2.05, 4.69) is 16.2 Å². The van der Waals surface area contributed by atoms with Gasteiger partial charge in [-0.05, 0) is 49.8 Å². The van der Waals surface area contributed by atoms with Gasteiger partial charge in [0, 0.05) is 5.69 Å². The average molecular weight is 347 g/mol. The van der Waals surface area contributed by atoms with Crippen molar-refractivity contribution in [3.63, 3.8) is 0 Å². The van der Waals surface area contributed by atoms with Crippen molar-refractivity contribution in [1.29, 1.82) is 0 Å². The molecule has 0 saturated carbocycles. The van der Waals surface area contributed by atoms with Gasteiger partial charge in [0.15, 0.2) is 22.8 Å². The number of halogens is 1. The van der Waals surface area contributed by atoms with Gasteiger partial charge in [-0.2, -0.15) is 0 Å². The summed E-state index contributed by atoms with van der Waals surface area (Å²) in [5.74, 6) is -0.991. The molecule has 1 amide bonds. The van der Waals surface area contributed by atoms with Crippen LogP contribution in [0.5, 0.6) is 5.75 Å². The Bertz CT molecular complexity index is 739. The number of hydrogen-bond donors (Lipinski definition) is 3. The molecule has 0 aromatic heterocycles. The second kappa shape index (κ2) is 8.26. The molecule has 0 bridgehead atoms. The van der Waals surface area contributed by atoms with Gasteiger partial charge in [0.1, 0.15) is 0 Å². The Morgan fingerprint density at radius 2 is 1.79 bits per heavy atom. The second-order valence-corrected chi connectivity index (χ2v) is 5.48. The van der Waals surface area contributed by atoms with Gasteiger partial charge in [-0.3, -0.25) is 15.6 Å². The van der Waals surface area contributed by atoms with Gasteiger partial charge in [0.25, 0.3) is 5.91 Å². The molecule has 0 aliphatic rings. The quantitative estimate of drug-likeness (QED) is 0.586. The number of thiocarbonyl (C=S) groups is 1. The number of anilines is 1. The van der Waals surface area contributed by atoms with Gasteiger partial charge in [-0.25, -0.2) is 4.39 Å². The molecule has 0 unspecified atom stereocenters. The van der Waals surface area contributed by atoms with Crippen molar-refractivity contribution in [2.45, 2.75) is 20.0 Å². The lowest BCUT2D eigenvalue weighted by Crippen LogP contribution is -2.48. The number of para-hydroxylation sites is 2. The van der Waals surface area contributed by atoms with Gasteiger partial charge in [0.05, 0.1) is 0 Å². The van der Waals surface area contributed by atoms with Gasteiger partial charge >= 0.3 is 0 Å². The Balaban J connectivity index is 1.83. The van der Waals surface area contributed by atoms with E-state index in [0.717, 1.165) is 11.3 Å². The van der Waals surface area contributed by atoms with Crippen LogP contribution in [0.2, 0.25) is 0 Å². The summed E-state index contributed by atoms with van der Waals surface area (Å²) in [5.41, 5.74) is 6.86. The van der Waals surface area contributed by atoms with Crippen molar-refractivity contribution in [2.24, 2.45) is 0 Å². The van der Waals surface area contributed by atoms with E-state index in [9.17, 15) is 9.18 Å². The van der Waals surface area contributed by atoms with Gasteiger partial charge in [0.2, 0.25) is 0 Å². The SMILES string of the molecule is Cc1ccccc1NC(=S)NNC(=O)[C@@H](C)Oc1ccccc1F. The number of amides is 1. The number of carbonyl (C=O) groups is 1. The number of benzene rings is 2. The first-order chi connectivity index (χ1) is 11.5. The Kier molecular flexibility index (Phi) is 6.08. The fourth-order valence-corrected chi connectivity index (χ4v) is 2.03. The van der Waals surface area contributed by atoms with Crippen LogP contribution >= 0.6 is 12.2 Å². The summed E-state index contributed by atoms with van der Waals surface area (Å²) in [6.45, 7) is 3.45. The Morgan fingerprint density at radius 3 is 2.50 bits per heavy atom. The highest BCUT2D eigenvalue weighted by Crippen LogP contribution is 2.17. The van der Waals surface area contributed by atoms with E-state index in [0.29, 0.717) is 0 Å². The van der Waals surface area contributed by atoms with E-state index in [4.69, 9.17) is 17.0 Å². The maximum atomic E-state index is 13.5. The minimum absolute atomic E-state index is 0.0146. The number of hydrazine groups is 1. The first-order valence-corrected chi connectivity index (χ1v) is 7.72. The van der Waals surface area contributed by atoms with Crippen LogP contribution in [0.25, 0.3) is 0 Å². The summed E-state index contributed by atoms with van der Waals surface area (Å²) >= 11 is 5.11. The fourth-order valence-electron chi connectivity index (χ4n) is 1.87. The highest BCUT2D eigenvalue weighted by Gasteiger charge is 2.16. The number of aryl methyl sites for hydroxylation is 1. The van der Waals surface area contributed by atoms with Crippen LogP contribution in [0, 0.1) is 12.7 Å². The van der Waals surface area contributed by atoms with E-state index >= 15 is 0 Å². The lowest BCUT2D eigenvalue weighted by molar-refractivity contribution is -0.127. The topological polar surface area (TPSA) is 62.4 Å². The molecular formula is C17H18FN3O2S. The smallest absolute Gasteiger partial charge is 0.279 e. The lowest BCUT2D eigenvalue weighted by Gasteiger charge is -2.17. The largest absolute Gasteiger partial charge is 0.478 e.